The van der Waals surface area contributed by atoms with Crippen LogP contribution >= 0.6 is 11.6 Å². The first-order valence-electron chi connectivity index (χ1n) is 6.44. The summed E-state index contributed by atoms with van der Waals surface area (Å²) in [5.41, 5.74) is 2.79. The van der Waals surface area contributed by atoms with E-state index >= 15 is 0 Å². The Balaban J connectivity index is 2.09. The zero-order valence-corrected chi connectivity index (χ0v) is 12.4. The van der Waals surface area contributed by atoms with Crippen molar-refractivity contribution >= 4 is 33.6 Å². The minimum Gasteiger partial charge on any atom is -0.309 e. The molecule has 0 bridgehead atoms. The van der Waals surface area contributed by atoms with Crippen molar-refractivity contribution in [2.75, 3.05) is 11.5 Å². The fourth-order valence-electron chi connectivity index (χ4n) is 2.63. The van der Waals surface area contributed by atoms with Crippen LogP contribution in [0, 0.1) is 6.92 Å². The molecule has 1 fully saturated rings. The van der Waals surface area contributed by atoms with Crippen LogP contribution in [0.15, 0.2) is 12.1 Å². The molecule has 3 heterocycles. The molecule has 0 amide bonds. The van der Waals surface area contributed by atoms with Gasteiger partial charge in [-0.3, -0.25) is 4.21 Å². The molecule has 19 heavy (non-hydrogen) atoms. The highest BCUT2D eigenvalue weighted by atomic mass is 35.5. The quantitative estimate of drug-likeness (QED) is 0.801. The van der Waals surface area contributed by atoms with Gasteiger partial charge in [-0.05, 0) is 31.9 Å². The van der Waals surface area contributed by atoms with Crippen molar-refractivity contribution in [1.82, 2.24) is 14.5 Å². The molecule has 1 saturated heterocycles. The van der Waals surface area contributed by atoms with E-state index in [1.165, 1.54) is 0 Å². The summed E-state index contributed by atoms with van der Waals surface area (Å²) in [5, 5.41) is 0. The monoisotopic (exact) mass is 297 g/mol. The minimum absolute atomic E-state index is 0.325. The van der Waals surface area contributed by atoms with Gasteiger partial charge in [0.1, 0.15) is 11.3 Å². The molecule has 2 aromatic heterocycles. The number of pyridine rings is 1. The van der Waals surface area contributed by atoms with E-state index < -0.39 is 10.8 Å². The van der Waals surface area contributed by atoms with Crippen molar-refractivity contribution in [2.45, 2.75) is 31.7 Å². The van der Waals surface area contributed by atoms with E-state index in [9.17, 15) is 4.21 Å². The molecule has 0 N–H and O–H groups in total. The number of aryl methyl sites for hydroxylation is 1. The first kappa shape index (κ1) is 13.1. The molecule has 0 atom stereocenters. The SMILES string of the molecule is Cc1ccc2nc(CCl)n(C3CCS(=O)CC3)c2n1. The van der Waals surface area contributed by atoms with Gasteiger partial charge in [0.15, 0.2) is 5.65 Å². The maximum absolute atomic E-state index is 11.5. The first-order chi connectivity index (χ1) is 9.19. The van der Waals surface area contributed by atoms with Gasteiger partial charge in [-0.25, -0.2) is 9.97 Å². The lowest BCUT2D eigenvalue weighted by molar-refractivity contribution is 0.460. The lowest BCUT2D eigenvalue weighted by Gasteiger charge is -2.24. The van der Waals surface area contributed by atoms with Crippen molar-refractivity contribution in [3.63, 3.8) is 0 Å². The lowest BCUT2D eigenvalue weighted by Crippen LogP contribution is -2.23. The van der Waals surface area contributed by atoms with Crippen LogP contribution in [0.4, 0.5) is 0 Å². The summed E-state index contributed by atoms with van der Waals surface area (Å²) < 4.78 is 13.7. The van der Waals surface area contributed by atoms with Crippen molar-refractivity contribution in [1.29, 1.82) is 0 Å². The van der Waals surface area contributed by atoms with Gasteiger partial charge in [0.2, 0.25) is 0 Å². The van der Waals surface area contributed by atoms with Gasteiger partial charge in [-0.1, -0.05) is 0 Å². The summed E-state index contributed by atoms with van der Waals surface area (Å²) in [6, 6.07) is 4.28. The molecule has 0 saturated carbocycles. The third-order valence-electron chi connectivity index (χ3n) is 3.59. The molecule has 4 nitrogen and oxygen atoms in total. The summed E-state index contributed by atoms with van der Waals surface area (Å²) in [4.78, 5) is 9.16. The largest absolute Gasteiger partial charge is 0.309 e. The van der Waals surface area contributed by atoms with E-state index in [-0.39, 0.29) is 0 Å². The van der Waals surface area contributed by atoms with Gasteiger partial charge in [0.05, 0.1) is 5.88 Å². The molecule has 0 aromatic carbocycles. The summed E-state index contributed by atoms with van der Waals surface area (Å²) in [6.07, 6.45) is 1.83. The van der Waals surface area contributed by atoms with Crippen LogP contribution in [0.3, 0.4) is 0 Å². The predicted octanol–water partition coefficient (Wildman–Crippen LogP) is 2.56. The van der Waals surface area contributed by atoms with Crippen LogP contribution in [0.5, 0.6) is 0 Å². The third-order valence-corrected chi connectivity index (χ3v) is 5.21. The highest BCUT2D eigenvalue weighted by Crippen LogP contribution is 2.28. The van der Waals surface area contributed by atoms with Crippen LogP contribution in [0.1, 0.15) is 30.4 Å². The fourth-order valence-corrected chi connectivity index (χ4v) is 4.10. The standard InChI is InChI=1S/C13H16ClN3OS/c1-9-2-3-11-13(15-9)17(12(8-14)16-11)10-4-6-19(18)7-5-10/h2-3,10H,4-8H2,1H3. The van der Waals surface area contributed by atoms with Crippen LogP contribution in [-0.2, 0) is 16.7 Å². The van der Waals surface area contributed by atoms with Crippen molar-refractivity contribution in [3.8, 4) is 0 Å². The third kappa shape index (κ3) is 2.41. The molecule has 1 aliphatic rings. The van der Waals surface area contributed by atoms with Crippen LogP contribution in [-0.4, -0.2) is 30.2 Å². The maximum Gasteiger partial charge on any atom is 0.160 e. The highest BCUT2D eigenvalue weighted by molar-refractivity contribution is 7.85. The Hall–Kier alpha value is -0.940. The molecule has 1 aliphatic heterocycles. The Morgan fingerprint density at radius 1 is 1.37 bits per heavy atom. The van der Waals surface area contributed by atoms with Gasteiger partial charge in [-0.15, -0.1) is 11.6 Å². The molecular weight excluding hydrogens is 282 g/mol. The van der Waals surface area contributed by atoms with Gasteiger partial charge >= 0.3 is 0 Å². The van der Waals surface area contributed by atoms with Crippen LogP contribution in [0.25, 0.3) is 11.2 Å². The molecule has 0 radical (unpaired) electrons. The molecule has 0 spiro atoms. The fraction of sp³-hybridized carbons (Fsp3) is 0.538. The zero-order valence-electron chi connectivity index (χ0n) is 10.8. The number of rotatable bonds is 2. The maximum atomic E-state index is 11.5. The summed E-state index contributed by atoms with van der Waals surface area (Å²) in [7, 11) is -0.656. The summed E-state index contributed by atoms with van der Waals surface area (Å²) in [5.74, 6) is 2.78. The van der Waals surface area contributed by atoms with E-state index in [1.807, 2.05) is 19.1 Å². The minimum atomic E-state index is -0.656. The topological polar surface area (TPSA) is 47.8 Å². The van der Waals surface area contributed by atoms with Crippen molar-refractivity contribution in [3.05, 3.63) is 23.7 Å². The van der Waals surface area contributed by atoms with Crippen molar-refractivity contribution in [2.24, 2.45) is 0 Å². The van der Waals surface area contributed by atoms with Gasteiger partial charge in [0.25, 0.3) is 0 Å². The van der Waals surface area contributed by atoms with Gasteiger partial charge in [-0.2, -0.15) is 0 Å². The molecule has 2 aromatic rings. The number of alkyl halides is 1. The number of hydrogen-bond donors (Lipinski definition) is 0. The predicted molar refractivity (Wildman–Crippen MR) is 78.0 cm³/mol. The zero-order chi connectivity index (χ0) is 13.4. The average Bonchev–Trinajstić information content (AvgIpc) is 2.77. The van der Waals surface area contributed by atoms with Gasteiger partial charge in [0, 0.05) is 34.0 Å². The molecule has 0 aliphatic carbocycles. The summed E-state index contributed by atoms with van der Waals surface area (Å²) >= 11 is 6.02. The number of nitrogens with zero attached hydrogens (tertiary/aromatic N) is 3. The second-order valence-corrected chi connectivity index (χ2v) is 6.87. The molecule has 102 valence electrons. The van der Waals surface area contributed by atoms with Gasteiger partial charge < -0.3 is 4.57 Å². The van der Waals surface area contributed by atoms with E-state index in [0.717, 1.165) is 47.0 Å². The van der Waals surface area contributed by atoms with Crippen LogP contribution in [0.2, 0.25) is 0 Å². The lowest BCUT2D eigenvalue weighted by atomic mass is 10.1. The smallest absolute Gasteiger partial charge is 0.160 e. The number of aromatic nitrogens is 3. The molecule has 3 rings (SSSR count). The average molecular weight is 298 g/mol. The summed E-state index contributed by atoms with van der Waals surface area (Å²) in [6.45, 7) is 1.98. The number of halogens is 1. The number of hydrogen-bond acceptors (Lipinski definition) is 3. The molecule has 0 unspecified atom stereocenters. The number of fused-ring (bicyclic) bond motifs is 1. The number of imidazole rings is 1. The Morgan fingerprint density at radius 2 is 2.11 bits per heavy atom. The molecular formula is C13H16ClN3OS. The Morgan fingerprint density at radius 3 is 2.79 bits per heavy atom. The molecule has 6 heteroatoms. The second-order valence-electron chi connectivity index (χ2n) is 4.91. The normalized spacial score (nSPS) is 23.9. The van der Waals surface area contributed by atoms with E-state index in [4.69, 9.17) is 11.6 Å². The van der Waals surface area contributed by atoms with Crippen molar-refractivity contribution < 1.29 is 4.21 Å². The first-order valence-corrected chi connectivity index (χ1v) is 8.46. The Kier molecular flexibility index (Phi) is 3.58. The second kappa shape index (κ2) is 5.21. The highest BCUT2D eigenvalue weighted by Gasteiger charge is 2.24. The van der Waals surface area contributed by atoms with E-state index in [1.54, 1.807) is 0 Å². The van der Waals surface area contributed by atoms with E-state index in [2.05, 4.69) is 14.5 Å². The Bertz CT molecular complexity index is 630. The van der Waals surface area contributed by atoms with Crippen LogP contribution < -0.4 is 0 Å². The Labute approximate surface area is 119 Å². The van der Waals surface area contributed by atoms with E-state index in [0.29, 0.717) is 11.9 Å².